The summed E-state index contributed by atoms with van der Waals surface area (Å²) in [5, 5.41) is 33.7. The Bertz CT molecular complexity index is 2280. The van der Waals surface area contributed by atoms with E-state index >= 15 is 0 Å². The number of hydrogen-bond acceptors (Lipinski definition) is 8. The first-order chi connectivity index (χ1) is 30.5. The molecule has 0 radical (unpaired) electrons. The van der Waals surface area contributed by atoms with E-state index in [0.29, 0.717) is 18.4 Å². The van der Waals surface area contributed by atoms with Gasteiger partial charge in [0.1, 0.15) is 36.8 Å². The second-order valence-corrected chi connectivity index (χ2v) is 17.0. The number of nitrogens with one attached hydrogen (secondary N) is 6. The molecular weight excluding hydrogens is 821 g/mol. The fourth-order valence-corrected chi connectivity index (χ4v) is 8.02. The normalized spacial score (nSPS) is 15.3. The maximum absolute atomic E-state index is 14.1. The molecule has 1 aliphatic rings. The molecule has 5 rings (SSSR count). The first-order valence-corrected chi connectivity index (χ1v) is 21.8. The van der Waals surface area contributed by atoms with Crippen molar-refractivity contribution in [2.45, 2.75) is 110 Å². The summed E-state index contributed by atoms with van der Waals surface area (Å²) in [6, 6.07) is 16.3. The zero-order valence-electron chi connectivity index (χ0n) is 37.1. The van der Waals surface area contributed by atoms with Gasteiger partial charge in [0.25, 0.3) is 0 Å². The number of aromatic amines is 1. The van der Waals surface area contributed by atoms with Gasteiger partial charge >= 0.3 is 18.0 Å². The van der Waals surface area contributed by atoms with Gasteiger partial charge in [-0.05, 0) is 58.1 Å². The lowest BCUT2D eigenvalue weighted by Crippen LogP contribution is -2.61. The second kappa shape index (κ2) is 22.1. The maximum atomic E-state index is 14.1. The third-order valence-electron chi connectivity index (χ3n) is 12.0. The number of carboxylic acids is 2. The summed E-state index contributed by atoms with van der Waals surface area (Å²) in [6.45, 7) is 10.6. The van der Waals surface area contributed by atoms with Gasteiger partial charge in [-0.25, -0.2) is 9.59 Å². The molecule has 3 aromatic carbocycles. The van der Waals surface area contributed by atoms with Crippen molar-refractivity contribution in [1.29, 1.82) is 0 Å². The van der Waals surface area contributed by atoms with E-state index < -0.39 is 90.1 Å². The summed E-state index contributed by atoms with van der Waals surface area (Å²) in [5.74, 6) is -7.35. The number of carbonyl (C=O) groups excluding carboxylic acids is 5. The molecule has 0 saturated heterocycles. The average molecular weight is 881 g/mol. The quantitative estimate of drug-likeness (QED) is 0.0509. The van der Waals surface area contributed by atoms with Crippen molar-refractivity contribution < 1.29 is 48.5 Å². The van der Waals surface area contributed by atoms with Crippen molar-refractivity contribution in [1.82, 2.24) is 31.6 Å². The SMILES string of the molecule is CC[C@H](C)[C@H](NC(=O)[C@H](CC(=O)O)NC(=O)[C@H](CC(C)C)NC(=O)OCC1c2ccccc2-c2ccccc21)C(=O)N[C@H](C(=O)N[C@@H](Cc1c[nH]c2ccccc12)C(=O)O)[C@@H](C)CC. The molecule has 342 valence electrons. The number of fused-ring (bicyclic) bond motifs is 4. The molecule has 5 amide bonds. The first-order valence-electron chi connectivity index (χ1n) is 21.8. The third-order valence-corrected chi connectivity index (χ3v) is 12.0. The summed E-state index contributed by atoms with van der Waals surface area (Å²) in [7, 11) is 0. The van der Waals surface area contributed by atoms with Crippen LogP contribution in [0.4, 0.5) is 4.79 Å². The van der Waals surface area contributed by atoms with Crippen molar-refractivity contribution in [3.8, 4) is 11.1 Å². The van der Waals surface area contributed by atoms with Gasteiger partial charge in [-0.1, -0.05) is 121 Å². The van der Waals surface area contributed by atoms with Crippen molar-refractivity contribution in [3.63, 3.8) is 0 Å². The van der Waals surface area contributed by atoms with E-state index in [9.17, 15) is 43.8 Å². The molecule has 64 heavy (non-hydrogen) atoms. The topological polar surface area (TPSA) is 245 Å². The van der Waals surface area contributed by atoms with E-state index in [-0.39, 0.29) is 31.3 Å². The summed E-state index contributed by atoms with van der Waals surface area (Å²) in [4.78, 5) is 96.4. The number of H-pyrrole nitrogens is 1. The van der Waals surface area contributed by atoms with E-state index in [0.717, 1.165) is 33.2 Å². The molecule has 0 aliphatic heterocycles. The molecule has 0 spiro atoms. The van der Waals surface area contributed by atoms with Gasteiger partial charge < -0.3 is 46.5 Å². The molecule has 0 fully saturated rings. The molecular formula is C48H60N6O10. The van der Waals surface area contributed by atoms with Crippen LogP contribution in [0.25, 0.3) is 22.0 Å². The number of carbonyl (C=O) groups is 7. The summed E-state index contributed by atoms with van der Waals surface area (Å²) >= 11 is 0. The lowest BCUT2D eigenvalue weighted by molar-refractivity contribution is -0.142. The highest BCUT2D eigenvalue weighted by Gasteiger charge is 2.37. The van der Waals surface area contributed by atoms with Crippen LogP contribution in [0.1, 0.15) is 89.8 Å². The summed E-state index contributed by atoms with van der Waals surface area (Å²) < 4.78 is 5.67. The number of para-hydroxylation sites is 1. The molecule has 16 nitrogen and oxygen atoms in total. The number of hydrogen-bond donors (Lipinski definition) is 8. The maximum Gasteiger partial charge on any atom is 0.407 e. The molecule has 7 atom stereocenters. The lowest BCUT2D eigenvalue weighted by Gasteiger charge is -2.30. The lowest BCUT2D eigenvalue weighted by atomic mass is 9.94. The predicted octanol–water partition coefficient (Wildman–Crippen LogP) is 5.25. The smallest absolute Gasteiger partial charge is 0.407 e. The van der Waals surface area contributed by atoms with Gasteiger partial charge in [-0.15, -0.1) is 0 Å². The highest BCUT2D eigenvalue weighted by Crippen LogP contribution is 2.44. The standard InChI is InChI=1S/C48H60N6O10/c1-7-27(5)41(45(59)51-39(47(61)62)22-29-24-49-36-20-14-13-15-30(29)36)54-46(60)42(28(6)8-2)53-44(58)38(23-40(55)56)50-43(57)37(21-26(3)4)52-48(63)64-25-35-33-18-11-9-16-31(33)32-17-10-12-19-34(32)35/h9-20,24,26-28,35,37-39,41-42,49H,7-8,21-23,25H2,1-6H3,(H,50,57)(H,51,59)(H,52,63)(H,53,58)(H,54,60)(H,55,56)(H,61,62)/t27-,28-,37-,38-,39-,41-,42-/m0/s1. The Morgan fingerprint density at radius 3 is 1.72 bits per heavy atom. The zero-order valence-corrected chi connectivity index (χ0v) is 37.1. The minimum absolute atomic E-state index is 0.0102. The summed E-state index contributed by atoms with van der Waals surface area (Å²) in [6.07, 6.45) is 0.853. The van der Waals surface area contributed by atoms with Crippen LogP contribution in [-0.4, -0.2) is 93.7 Å². The fourth-order valence-electron chi connectivity index (χ4n) is 8.02. The Labute approximate surface area is 372 Å². The van der Waals surface area contributed by atoms with E-state index in [1.807, 2.05) is 86.6 Å². The Kier molecular flexibility index (Phi) is 16.7. The van der Waals surface area contributed by atoms with Gasteiger partial charge in [0.05, 0.1) is 6.42 Å². The van der Waals surface area contributed by atoms with E-state index in [1.165, 1.54) is 0 Å². The van der Waals surface area contributed by atoms with Gasteiger partial charge in [-0.3, -0.25) is 24.0 Å². The van der Waals surface area contributed by atoms with E-state index in [4.69, 9.17) is 4.74 Å². The van der Waals surface area contributed by atoms with Gasteiger partial charge in [-0.2, -0.15) is 0 Å². The second-order valence-electron chi connectivity index (χ2n) is 17.0. The van der Waals surface area contributed by atoms with E-state index in [2.05, 4.69) is 31.6 Å². The molecule has 0 saturated carbocycles. The summed E-state index contributed by atoms with van der Waals surface area (Å²) in [5.41, 5.74) is 5.58. The largest absolute Gasteiger partial charge is 0.481 e. The zero-order chi connectivity index (χ0) is 46.7. The number of alkyl carbamates (subject to hydrolysis) is 1. The molecule has 16 heteroatoms. The molecule has 8 N–H and O–H groups in total. The first kappa shape index (κ1) is 48.3. The van der Waals surface area contributed by atoms with Crippen molar-refractivity contribution in [2.24, 2.45) is 17.8 Å². The Balaban J connectivity index is 1.26. The van der Waals surface area contributed by atoms with Crippen LogP contribution in [0.2, 0.25) is 0 Å². The number of ether oxygens (including phenoxy) is 1. The van der Waals surface area contributed by atoms with Crippen LogP contribution < -0.4 is 26.6 Å². The Morgan fingerprint density at radius 2 is 1.16 bits per heavy atom. The molecule has 1 aliphatic carbocycles. The number of amides is 5. The van der Waals surface area contributed by atoms with Crippen molar-refractivity contribution in [2.75, 3.05) is 6.61 Å². The molecule has 0 unspecified atom stereocenters. The van der Waals surface area contributed by atoms with Crippen LogP contribution in [0.5, 0.6) is 0 Å². The van der Waals surface area contributed by atoms with Crippen LogP contribution in [0.15, 0.2) is 79.0 Å². The Morgan fingerprint density at radius 1 is 0.641 bits per heavy atom. The molecule has 1 aromatic heterocycles. The monoisotopic (exact) mass is 880 g/mol. The number of rotatable bonds is 22. The van der Waals surface area contributed by atoms with Crippen LogP contribution in [0.3, 0.4) is 0 Å². The number of aromatic nitrogens is 1. The molecule has 1 heterocycles. The van der Waals surface area contributed by atoms with Crippen LogP contribution in [0, 0.1) is 17.8 Å². The Hall–Kier alpha value is -6.71. The highest BCUT2D eigenvalue weighted by molar-refractivity contribution is 5.97. The van der Waals surface area contributed by atoms with Crippen molar-refractivity contribution in [3.05, 3.63) is 95.7 Å². The average Bonchev–Trinajstić information content (AvgIpc) is 3.83. The third kappa shape index (κ3) is 12.1. The molecule has 4 aromatic rings. The van der Waals surface area contributed by atoms with Crippen molar-refractivity contribution >= 4 is 52.6 Å². The minimum atomic E-state index is -1.67. The van der Waals surface area contributed by atoms with Crippen LogP contribution in [-0.2, 0) is 39.9 Å². The van der Waals surface area contributed by atoms with Gasteiger partial charge in [0, 0.05) is 29.4 Å². The predicted molar refractivity (Wildman–Crippen MR) is 240 cm³/mol. The molecule has 0 bridgehead atoms. The van der Waals surface area contributed by atoms with Gasteiger partial charge in [0.15, 0.2) is 0 Å². The van der Waals surface area contributed by atoms with E-state index in [1.54, 1.807) is 33.9 Å². The minimum Gasteiger partial charge on any atom is -0.481 e. The number of aliphatic carboxylic acids is 2. The number of benzene rings is 3. The van der Waals surface area contributed by atoms with Gasteiger partial charge in [0.2, 0.25) is 23.6 Å². The van der Waals surface area contributed by atoms with Crippen LogP contribution >= 0.6 is 0 Å². The number of carboxylic acid groups (broad SMARTS) is 2. The fraction of sp³-hybridized carbons (Fsp3) is 0.438. The highest BCUT2D eigenvalue weighted by atomic mass is 16.5.